The maximum Gasteiger partial charge on any atom is 0.149 e. The highest BCUT2D eigenvalue weighted by Crippen LogP contribution is 2.33. The fraction of sp³-hybridized carbons (Fsp3) is 0.0833. The standard InChI is InChI=1S/C12H8BrCl3N2/c1-6-2-9(15)11(4-8(6)14)18-12-10(16)3-7(13)5-17-12/h2-5H,1H3,(H,17,18). The molecule has 1 heterocycles. The Morgan fingerprint density at radius 2 is 1.78 bits per heavy atom. The average molecular weight is 366 g/mol. The van der Waals surface area contributed by atoms with E-state index in [1.807, 2.05) is 6.92 Å². The van der Waals surface area contributed by atoms with E-state index in [4.69, 9.17) is 34.8 Å². The molecule has 0 unspecified atom stereocenters. The number of pyridine rings is 1. The van der Waals surface area contributed by atoms with Gasteiger partial charge in [0.15, 0.2) is 0 Å². The Kier molecular flexibility index (Phi) is 4.38. The van der Waals surface area contributed by atoms with Crippen molar-refractivity contribution in [1.29, 1.82) is 0 Å². The highest BCUT2D eigenvalue weighted by atomic mass is 79.9. The number of aryl methyl sites for hydroxylation is 1. The van der Waals surface area contributed by atoms with E-state index >= 15 is 0 Å². The largest absolute Gasteiger partial charge is 0.338 e. The number of rotatable bonds is 2. The van der Waals surface area contributed by atoms with E-state index in [1.54, 1.807) is 24.4 Å². The summed E-state index contributed by atoms with van der Waals surface area (Å²) in [7, 11) is 0. The predicted octanol–water partition coefficient (Wildman–Crippen LogP) is 5.86. The molecule has 0 amide bonds. The first-order chi connectivity index (χ1) is 8.47. The van der Waals surface area contributed by atoms with Crippen LogP contribution >= 0.6 is 50.7 Å². The molecule has 2 nitrogen and oxygen atoms in total. The minimum Gasteiger partial charge on any atom is -0.338 e. The Hall–Kier alpha value is -0.480. The highest BCUT2D eigenvalue weighted by Gasteiger charge is 2.08. The summed E-state index contributed by atoms with van der Waals surface area (Å²) < 4.78 is 0.811. The molecule has 0 saturated heterocycles. The van der Waals surface area contributed by atoms with E-state index in [0.717, 1.165) is 10.0 Å². The van der Waals surface area contributed by atoms with Crippen LogP contribution in [0.1, 0.15) is 5.56 Å². The van der Waals surface area contributed by atoms with Gasteiger partial charge < -0.3 is 5.32 Å². The van der Waals surface area contributed by atoms with Crippen LogP contribution in [0.15, 0.2) is 28.9 Å². The number of hydrogen-bond donors (Lipinski definition) is 1. The lowest BCUT2D eigenvalue weighted by Crippen LogP contribution is -1.96. The van der Waals surface area contributed by atoms with Gasteiger partial charge in [-0.25, -0.2) is 4.98 Å². The summed E-state index contributed by atoms with van der Waals surface area (Å²) in [6.45, 7) is 1.89. The van der Waals surface area contributed by atoms with Crippen LogP contribution in [0.3, 0.4) is 0 Å². The van der Waals surface area contributed by atoms with Crippen molar-refractivity contribution >= 4 is 62.2 Å². The van der Waals surface area contributed by atoms with Gasteiger partial charge in [-0.05, 0) is 46.6 Å². The second kappa shape index (κ2) is 5.66. The van der Waals surface area contributed by atoms with E-state index in [9.17, 15) is 0 Å². The van der Waals surface area contributed by atoms with Crippen LogP contribution in [-0.4, -0.2) is 4.98 Å². The van der Waals surface area contributed by atoms with Crippen molar-refractivity contribution in [3.63, 3.8) is 0 Å². The fourth-order valence-corrected chi connectivity index (χ4v) is 2.48. The van der Waals surface area contributed by atoms with Crippen molar-refractivity contribution in [2.45, 2.75) is 6.92 Å². The van der Waals surface area contributed by atoms with E-state index in [1.165, 1.54) is 0 Å². The van der Waals surface area contributed by atoms with Gasteiger partial charge >= 0.3 is 0 Å². The second-order valence-corrected chi connectivity index (χ2v) is 5.83. The SMILES string of the molecule is Cc1cc(Cl)c(Nc2ncc(Br)cc2Cl)cc1Cl. The highest BCUT2D eigenvalue weighted by molar-refractivity contribution is 9.10. The molecule has 0 saturated carbocycles. The van der Waals surface area contributed by atoms with Crippen LogP contribution in [0.5, 0.6) is 0 Å². The third-order valence-electron chi connectivity index (χ3n) is 2.31. The first kappa shape index (κ1) is 13.9. The molecule has 1 aromatic heterocycles. The topological polar surface area (TPSA) is 24.9 Å². The predicted molar refractivity (Wildman–Crippen MR) is 81.4 cm³/mol. The summed E-state index contributed by atoms with van der Waals surface area (Å²) in [5.41, 5.74) is 1.59. The maximum absolute atomic E-state index is 6.13. The quantitative estimate of drug-likeness (QED) is 0.720. The summed E-state index contributed by atoms with van der Waals surface area (Å²) in [6, 6.07) is 5.29. The zero-order valence-corrected chi connectivity index (χ0v) is 13.1. The molecule has 0 aliphatic carbocycles. The van der Waals surface area contributed by atoms with Gasteiger partial charge in [0.1, 0.15) is 5.82 Å². The van der Waals surface area contributed by atoms with Crippen LogP contribution in [-0.2, 0) is 0 Å². The van der Waals surface area contributed by atoms with Crippen molar-refractivity contribution in [2.75, 3.05) is 5.32 Å². The Labute approximate surface area is 128 Å². The summed E-state index contributed by atoms with van der Waals surface area (Å²) in [4.78, 5) is 4.17. The normalized spacial score (nSPS) is 10.5. The van der Waals surface area contributed by atoms with Crippen molar-refractivity contribution in [2.24, 2.45) is 0 Å². The number of halogens is 4. The molecule has 1 aromatic carbocycles. The zero-order valence-electron chi connectivity index (χ0n) is 9.27. The van der Waals surface area contributed by atoms with Crippen molar-refractivity contribution < 1.29 is 0 Å². The summed E-state index contributed by atoms with van der Waals surface area (Å²) in [5.74, 6) is 0.529. The third kappa shape index (κ3) is 3.09. The van der Waals surface area contributed by atoms with E-state index < -0.39 is 0 Å². The lowest BCUT2D eigenvalue weighted by molar-refractivity contribution is 1.29. The number of nitrogens with one attached hydrogen (secondary N) is 1. The van der Waals surface area contributed by atoms with Gasteiger partial charge in [0.25, 0.3) is 0 Å². The molecule has 94 valence electrons. The Balaban J connectivity index is 2.37. The molecule has 18 heavy (non-hydrogen) atoms. The molecular weight excluding hydrogens is 358 g/mol. The number of nitrogens with zero attached hydrogens (tertiary/aromatic N) is 1. The van der Waals surface area contributed by atoms with Crippen molar-refractivity contribution in [3.8, 4) is 0 Å². The van der Waals surface area contributed by atoms with Gasteiger partial charge in [0.2, 0.25) is 0 Å². The molecule has 0 bridgehead atoms. The zero-order chi connectivity index (χ0) is 13.3. The summed E-state index contributed by atoms with van der Waals surface area (Å²) >= 11 is 21.6. The lowest BCUT2D eigenvalue weighted by atomic mass is 10.2. The van der Waals surface area contributed by atoms with Gasteiger partial charge in [-0.1, -0.05) is 34.8 Å². The number of hydrogen-bond acceptors (Lipinski definition) is 2. The first-order valence-corrected chi connectivity index (χ1v) is 6.94. The molecule has 0 atom stereocenters. The molecule has 0 fully saturated rings. The van der Waals surface area contributed by atoms with Crippen molar-refractivity contribution in [3.05, 3.63) is 49.5 Å². The van der Waals surface area contributed by atoms with E-state index in [-0.39, 0.29) is 0 Å². The molecule has 0 aliphatic rings. The van der Waals surface area contributed by atoms with Gasteiger partial charge in [0, 0.05) is 15.7 Å². The smallest absolute Gasteiger partial charge is 0.149 e. The molecule has 0 spiro atoms. The first-order valence-electron chi connectivity index (χ1n) is 5.01. The van der Waals surface area contributed by atoms with Crippen LogP contribution in [0.4, 0.5) is 11.5 Å². The molecule has 0 radical (unpaired) electrons. The number of aromatic nitrogens is 1. The third-order valence-corrected chi connectivity index (χ3v) is 3.75. The van der Waals surface area contributed by atoms with Crippen LogP contribution < -0.4 is 5.32 Å². The molecule has 2 aromatic rings. The van der Waals surface area contributed by atoms with Crippen molar-refractivity contribution in [1.82, 2.24) is 4.98 Å². The van der Waals surface area contributed by atoms with Crippen LogP contribution in [0.25, 0.3) is 0 Å². The van der Waals surface area contributed by atoms with Gasteiger partial charge in [0.05, 0.1) is 15.7 Å². The monoisotopic (exact) mass is 364 g/mol. The Morgan fingerprint density at radius 3 is 2.44 bits per heavy atom. The molecule has 1 N–H and O–H groups in total. The molecule has 2 rings (SSSR count). The van der Waals surface area contributed by atoms with Gasteiger partial charge in [-0.15, -0.1) is 0 Å². The maximum atomic E-state index is 6.13. The summed E-state index contributed by atoms with van der Waals surface area (Å²) in [6.07, 6.45) is 1.65. The molecular formula is C12H8BrCl3N2. The minimum atomic E-state index is 0.497. The fourth-order valence-electron chi connectivity index (χ4n) is 1.38. The van der Waals surface area contributed by atoms with Crippen LogP contribution in [0, 0.1) is 6.92 Å². The number of benzene rings is 1. The Morgan fingerprint density at radius 1 is 1.06 bits per heavy atom. The minimum absolute atomic E-state index is 0.497. The van der Waals surface area contributed by atoms with Gasteiger partial charge in [-0.2, -0.15) is 0 Å². The lowest BCUT2D eigenvalue weighted by Gasteiger charge is -2.11. The second-order valence-electron chi connectivity index (χ2n) is 3.69. The molecule has 0 aliphatic heterocycles. The van der Waals surface area contributed by atoms with Crippen LogP contribution in [0.2, 0.25) is 15.1 Å². The molecule has 6 heteroatoms. The van der Waals surface area contributed by atoms with E-state index in [2.05, 4.69) is 26.2 Å². The van der Waals surface area contributed by atoms with Gasteiger partial charge in [-0.3, -0.25) is 0 Å². The Bertz CT molecular complexity index is 602. The average Bonchev–Trinajstić information content (AvgIpc) is 2.29. The number of anilines is 2. The summed E-state index contributed by atoms with van der Waals surface area (Å²) in [5, 5.41) is 4.75. The van der Waals surface area contributed by atoms with E-state index in [0.29, 0.717) is 26.6 Å².